The number of hydrogen-bond donors (Lipinski definition) is 1. The highest BCUT2D eigenvalue weighted by Crippen LogP contribution is 2.28. The minimum Gasteiger partial charge on any atom is -0.465 e. The van der Waals surface area contributed by atoms with Gasteiger partial charge in [0.15, 0.2) is 6.29 Å². The third kappa shape index (κ3) is 2.49. The maximum atomic E-state index is 5.78. The lowest BCUT2D eigenvalue weighted by molar-refractivity contribution is -0.0662. The van der Waals surface area contributed by atoms with E-state index in [2.05, 4.69) is 36.2 Å². The lowest BCUT2D eigenvalue weighted by atomic mass is 10.1. The standard InChI is InChI=1S/C17H19NO2/c1-3-10-19-12(2)20-13-8-9-15-14-6-4-5-7-16(14)18-17(15)11-13/h4-9,11-12,18H,3,10H2,1-2H3. The fourth-order valence-corrected chi connectivity index (χ4v) is 2.42. The summed E-state index contributed by atoms with van der Waals surface area (Å²) in [5.41, 5.74) is 2.24. The van der Waals surface area contributed by atoms with Crippen LogP contribution in [0.15, 0.2) is 42.5 Å². The highest BCUT2D eigenvalue weighted by molar-refractivity contribution is 6.07. The average Bonchev–Trinajstić information content (AvgIpc) is 2.82. The molecule has 0 aliphatic carbocycles. The Labute approximate surface area is 118 Å². The fraction of sp³-hybridized carbons (Fsp3) is 0.294. The molecular weight excluding hydrogens is 250 g/mol. The first-order chi connectivity index (χ1) is 9.78. The van der Waals surface area contributed by atoms with E-state index < -0.39 is 0 Å². The van der Waals surface area contributed by atoms with Gasteiger partial charge in [-0.15, -0.1) is 0 Å². The Kier molecular flexibility index (Phi) is 3.61. The summed E-state index contributed by atoms with van der Waals surface area (Å²) >= 11 is 0. The van der Waals surface area contributed by atoms with Gasteiger partial charge in [0.25, 0.3) is 0 Å². The molecule has 3 nitrogen and oxygen atoms in total. The first kappa shape index (κ1) is 13.0. The van der Waals surface area contributed by atoms with Gasteiger partial charge in [0, 0.05) is 22.4 Å². The Morgan fingerprint density at radius 2 is 1.85 bits per heavy atom. The lowest BCUT2D eigenvalue weighted by Crippen LogP contribution is -2.16. The summed E-state index contributed by atoms with van der Waals surface area (Å²) in [7, 11) is 0. The zero-order chi connectivity index (χ0) is 13.9. The molecule has 0 radical (unpaired) electrons. The third-order valence-corrected chi connectivity index (χ3v) is 3.34. The highest BCUT2D eigenvalue weighted by Gasteiger charge is 2.07. The molecule has 1 N–H and O–H groups in total. The van der Waals surface area contributed by atoms with Crippen LogP contribution in [-0.2, 0) is 4.74 Å². The van der Waals surface area contributed by atoms with Crippen molar-refractivity contribution in [2.45, 2.75) is 26.6 Å². The molecule has 0 bridgehead atoms. The Balaban J connectivity index is 1.89. The van der Waals surface area contributed by atoms with Gasteiger partial charge in [0.05, 0.1) is 12.1 Å². The quantitative estimate of drug-likeness (QED) is 0.693. The van der Waals surface area contributed by atoms with E-state index in [-0.39, 0.29) is 6.29 Å². The number of nitrogens with one attached hydrogen (secondary N) is 1. The molecule has 104 valence electrons. The van der Waals surface area contributed by atoms with E-state index in [1.165, 1.54) is 10.8 Å². The third-order valence-electron chi connectivity index (χ3n) is 3.34. The monoisotopic (exact) mass is 269 g/mol. The van der Waals surface area contributed by atoms with Gasteiger partial charge in [-0.05, 0) is 31.5 Å². The summed E-state index contributed by atoms with van der Waals surface area (Å²) in [6, 6.07) is 14.4. The molecule has 1 atom stereocenters. The summed E-state index contributed by atoms with van der Waals surface area (Å²) in [6.45, 7) is 4.73. The molecule has 1 heterocycles. The lowest BCUT2D eigenvalue weighted by Gasteiger charge is -2.14. The summed E-state index contributed by atoms with van der Waals surface area (Å²) in [5.74, 6) is 0.827. The maximum Gasteiger partial charge on any atom is 0.196 e. The van der Waals surface area contributed by atoms with Crippen molar-refractivity contribution in [3.8, 4) is 5.75 Å². The molecule has 0 saturated heterocycles. The molecule has 3 rings (SSSR count). The van der Waals surface area contributed by atoms with E-state index >= 15 is 0 Å². The summed E-state index contributed by atoms with van der Waals surface area (Å²) in [6.07, 6.45) is 0.770. The maximum absolute atomic E-state index is 5.78. The average molecular weight is 269 g/mol. The predicted molar refractivity (Wildman–Crippen MR) is 82.1 cm³/mol. The van der Waals surface area contributed by atoms with Crippen LogP contribution in [0.4, 0.5) is 0 Å². The Bertz CT molecular complexity index is 717. The molecule has 1 unspecified atom stereocenters. The van der Waals surface area contributed by atoms with Gasteiger partial charge >= 0.3 is 0 Å². The molecule has 1 aromatic heterocycles. The molecule has 2 aromatic carbocycles. The number of hydrogen-bond acceptors (Lipinski definition) is 2. The molecule has 0 amide bonds. The number of benzene rings is 2. The Morgan fingerprint density at radius 3 is 2.70 bits per heavy atom. The predicted octanol–water partition coefficient (Wildman–Crippen LogP) is 4.47. The molecule has 0 aliphatic heterocycles. The largest absolute Gasteiger partial charge is 0.465 e. The number of aromatic amines is 1. The molecule has 3 aromatic rings. The van der Waals surface area contributed by atoms with Crippen molar-refractivity contribution in [2.24, 2.45) is 0 Å². The van der Waals surface area contributed by atoms with Gasteiger partial charge in [-0.1, -0.05) is 25.1 Å². The topological polar surface area (TPSA) is 34.2 Å². The molecule has 0 saturated carbocycles. The molecule has 0 fully saturated rings. The van der Waals surface area contributed by atoms with Crippen molar-refractivity contribution in [1.82, 2.24) is 4.98 Å². The number of H-pyrrole nitrogens is 1. The van der Waals surface area contributed by atoms with Crippen LogP contribution in [-0.4, -0.2) is 17.9 Å². The van der Waals surface area contributed by atoms with Crippen molar-refractivity contribution in [2.75, 3.05) is 6.61 Å². The van der Waals surface area contributed by atoms with Crippen molar-refractivity contribution in [3.63, 3.8) is 0 Å². The summed E-state index contributed by atoms with van der Waals surface area (Å²) in [4.78, 5) is 3.41. The van der Waals surface area contributed by atoms with Gasteiger partial charge in [0.1, 0.15) is 5.75 Å². The van der Waals surface area contributed by atoms with Gasteiger partial charge in [-0.3, -0.25) is 0 Å². The van der Waals surface area contributed by atoms with E-state index in [1.54, 1.807) is 0 Å². The van der Waals surface area contributed by atoms with Crippen LogP contribution in [0.1, 0.15) is 20.3 Å². The zero-order valence-electron chi connectivity index (χ0n) is 11.8. The molecule has 20 heavy (non-hydrogen) atoms. The number of para-hydroxylation sites is 1. The van der Waals surface area contributed by atoms with E-state index in [4.69, 9.17) is 9.47 Å². The van der Waals surface area contributed by atoms with E-state index in [0.717, 1.165) is 29.8 Å². The number of fused-ring (bicyclic) bond motifs is 3. The van der Waals surface area contributed by atoms with Crippen LogP contribution in [0, 0.1) is 0 Å². The van der Waals surface area contributed by atoms with E-state index in [9.17, 15) is 0 Å². The van der Waals surface area contributed by atoms with E-state index in [1.807, 2.05) is 25.1 Å². The van der Waals surface area contributed by atoms with Crippen LogP contribution in [0.5, 0.6) is 5.75 Å². The molecule has 3 heteroatoms. The van der Waals surface area contributed by atoms with Crippen LogP contribution in [0.25, 0.3) is 21.8 Å². The number of aromatic nitrogens is 1. The van der Waals surface area contributed by atoms with Crippen molar-refractivity contribution in [1.29, 1.82) is 0 Å². The van der Waals surface area contributed by atoms with Crippen LogP contribution in [0.3, 0.4) is 0 Å². The van der Waals surface area contributed by atoms with Gasteiger partial charge in [0.2, 0.25) is 0 Å². The second kappa shape index (κ2) is 5.55. The molecule has 0 aliphatic rings. The van der Waals surface area contributed by atoms with Crippen LogP contribution in [0.2, 0.25) is 0 Å². The SMILES string of the molecule is CCCOC(C)Oc1ccc2c(c1)[nH]c1ccccc12. The summed E-state index contributed by atoms with van der Waals surface area (Å²) < 4.78 is 11.3. The normalized spacial score (nSPS) is 12.9. The minimum atomic E-state index is -0.225. The van der Waals surface area contributed by atoms with Gasteiger partial charge < -0.3 is 14.5 Å². The molecule has 0 spiro atoms. The first-order valence-electron chi connectivity index (χ1n) is 7.06. The first-order valence-corrected chi connectivity index (χ1v) is 7.06. The van der Waals surface area contributed by atoms with Gasteiger partial charge in [-0.2, -0.15) is 0 Å². The minimum absolute atomic E-state index is 0.225. The number of ether oxygens (including phenoxy) is 2. The zero-order valence-corrected chi connectivity index (χ0v) is 11.8. The van der Waals surface area contributed by atoms with Crippen molar-refractivity contribution < 1.29 is 9.47 Å². The van der Waals surface area contributed by atoms with Gasteiger partial charge in [-0.25, -0.2) is 0 Å². The highest BCUT2D eigenvalue weighted by atomic mass is 16.7. The van der Waals surface area contributed by atoms with Crippen molar-refractivity contribution in [3.05, 3.63) is 42.5 Å². The summed E-state index contributed by atoms with van der Waals surface area (Å²) in [5, 5.41) is 2.46. The van der Waals surface area contributed by atoms with Crippen molar-refractivity contribution >= 4 is 21.8 Å². The molecular formula is C17H19NO2. The Morgan fingerprint density at radius 1 is 1.05 bits per heavy atom. The smallest absolute Gasteiger partial charge is 0.196 e. The Hall–Kier alpha value is -2.00. The second-order valence-corrected chi connectivity index (χ2v) is 4.93. The fourth-order valence-electron chi connectivity index (χ4n) is 2.42. The van der Waals surface area contributed by atoms with E-state index in [0.29, 0.717) is 0 Å². The number of rotatable bonds is 5. The second-order valence-electron chi connectivity index (χ2n) is 4.93. The van der Waals surface area contributed by atoms with Crippen LogP contribution >= 0.6 is 0 Å². The van der Waals surface area contributed by atoms with Crippen LogP contribution < -0.4 is 4.74 Å².